The van der Waals surface area contributed by atoms with Crippen molar-refractivity contribution >= 4 is 11.8 Å². The summed E-state index contributed by atoms with van der Waals surface area (Å²) < 4.78 is 0. The number of nitrogens with zero attached hydrogens (tertiary/aromatic N) is 3. The SMILES string of the molecule is CN1CCN(C(=O)/C=C/CN2CCCC2)C(Cc2ccccc2)C1=O. The third-order valence-corrected chi connectivity index (χ3v) is 5.09. The lowest BCUT2D eigenvalue weighted by Crippen LogP contribution is -2.58. The van der Waals surface area contributed by atoms with Crippen LogP contribution in [0, 0.1) is 0 Å². The molecule has 0 bridgehead atoms. The highest BCUT2D eigenvalue weighted by atomic mass is 16.2. The predicted molar refractivity (Wildman–Crippen MR) is 98.1 cm³/mol. The van der Waals surface area contributed by atoms with Crippen LogP contribution in [-0.4, -0.2) is 72.3 Å². The van der Waals surface area contributed by atoms with Crippen LogP contribution in [-0.2, 0) is 16.0 Å². The van der Waals surface area contributed by atoms with Crippen LogP contribution >= 0.6 is 0 Å². The van der Waals surface area contributed by atoms with Gasteiger partial charge in [-0.1, -0.05) is 36.4 Å². The number of amides is 2. The van der Waals surface area contributed by atoms with Gasteiger partial charge in [-0.15, -0.1) is 0 Å². The van der Waals surface area contributed by atoms with Crippen LogP contribution in [0.25, 0.3) is 0 Å². The van der Waals surface area contributed by atoms with Crippen LogP contribution in [0.5, 0.6) is 0 Å². The van der Waals surface area contributed by atoms with Crippen molar-refractivity contribution in [2.45, 2.75) is 25.3 Å². The monoisotopic (exact) mass is 341 g/mol. The topological polar surface area (TPSA) is 43.9 Å². The molecule has 1 atom stereocenters. The first-order chi connectivity index (χ1) is 12.1. The maximum atomic E-state index is 12.7. The first-order valence-electron chi connectivity index (χ1n) is 9.13. The molecule has 0 aliphatic carbocycles. The molecule has 0 saturated carbocycles. The van der Waals surface area contributed by atoms with Gasteiger partial charge in [0.05, 0.1) is 0 Å². The number of piperazine rings is 1. The van der Waals surface area contributed by atoms with E-state index in [0.29, 0.717) is 19.5 Å². The van der Waals surface area contributed by atoms with Crippen molar-refractivity contribution in [1.82, 2.24) is 14.7 Å². The van der Waals surface area contributed by atoms with E-state index in [9.17, 15) is 9.59 Å². The van der Waals surface area contributed by atoms with E-state index in [2.05, 4.69) is 4.90 Å². The van der Waals surface area contributed by atoms with E-state index >= 15 is 0 Å². The Kier molecular flexibility index (Phi) is 5.87. The Balaban J connectivity index is 1.66. The highest BCUT2D eigenvalue weighted by Gasteiger charge is 2.35. The number of benzene rings is 1. The minimum absolute atomic E-state index is 0.0244. The number of likely N-dealkylation sites (tertiary alicyclic amines) is 1. The summed E-state index contributed by atoms with van der Waals surface area (Å²) in [6.07, 6.45) is 6.64. The number of hydrogen-bond acceptors (Lipinski definition) is 3. The summed E-state index contributed by atoms with van der Waals surface area (Å²) in [5, 5.41) is 0. The van der Waals surface area contributed by atoms with Crippen LogP contribution in [0.1, 0.15) is 18.4 Å². The molecule has 3 rings (SSSR count). The summed E-state index contributed by atoms with van der Waals surface area (Å²) in [6.45, 7) is 4.23. The van der Waals surface area contributed by atoms with Crippen molar-refractivity contribution in [2.75, 3.05) is 39.8 Å². The number of likely N-dealkylation sites (N-methyl/N-ethyl adjacent to an activating group) is 1. The number of hydrogen-bond donors (Lipinski definition) is 0. The zero-order chi connectivity index (χ0) is 17.6. The molecule has 2 amide bonds. The first-order valence-corrected chi connectivity index (χ1v) is 9.13. The van der Waals surface area contributed by atoms with Crippen molar-refractivity contribution in [3.05, 3.63) is 48.0 Å². The van der Waals surface area contributed by atoms with Gasteiger partial charge in [0.25, 0.3) is 0 Å². The maximum Gasteiger partial charge on any atom is 0.247 e. The zero-order valence-corrected chi connectivity index (χ0v) is 14.9. The summed E-state index contributed by atoms with van der Waals surface area (Å²) in [5.74, 6) is -0.0297. The van der Waals surface area contributed by atoms with E-state index in [4.69, 9.17) is 0 Å². The Morgan fingerprint density at radius 2 is 1.84 bits per heavy atom. The van der Waals surface area contributed by atoms with Gasteiger partial charge in [-0.05, 0) is 31.5 Å². The van der Waals surface area contributed by atoms with Crippen molar-refractivity contribution in [2.24, 2.45) is 0 Å². The smallest absolute Gasteiger partial charge is 0.247 e. The number of rotatable bonds is 5. The lowest BCUT2D eigenvalue weighted by molar-refractivity contribution is -0.147. The summed E-state index contributed by atoms with van der Waals surface area (Å²) in [7, 11) is 1.81. The molecule has 1 unspecified atom stereocenters. The van der Waals surface area contributed by atoms with Crippen LogP contribution in [0.4, 0.5) is 0 Å². The summed E-state index contributed by atoms with van der Waals surface area (Å²) >= 11 is 0. The lowest BCUT2D eigenvalue weighted by Gasteiger charge is -2.38. The van der Waals surface area contributed by atoms with Gasteiger partial charge in [-0.25, -0.2) is 0 Å². The molecule has 0 spiro atoms. The molecule has 5 nitrogen and oxygen atoms in total. The van der Waals surface area contributed by atoms with Crippen LogP contribution in [0.3, 0.4) is 0 Å². The van der Waals surface area contributed by atoms with E-state index in [-0.39, 0.29) is 11.8 Å². The maximum absolute atomic E-state index is 12.7. The molecule has 2 fully saturated rings. The lowest BCUT2D eigenvalue weighted by atomic mass is 10.0. The fraction of sp³-hybridized carbons (Fsp3) is 0.500. The number of carbonyl (C=O) groups is 2. The summed E-state index contributed by atoms with van der Waals surface area (Å²) in [5.41, 5.74) is 1.08. The van der Waals surface area contributed by atoms with Gasteiger partial charge in [-0.3, -0.25) is 14.5 Å². The second-order valence-electron chi connectivity index (χ2n) is 6.91. The van der Waals surface area contributed by atoms with Crippen LogP contribution < -0.4 is 0 Å². The standard InChI is InChI=1S/C20H27N3O2/c1-21-14-15-23(19(24)10-7-13-22-11-5-6-12-22)18(20(21)25)16-17-8-3-2-4-9-17/h2-4,7-10,18H,5-6,11-16H2,1H3/b10-7+. The highest BCUT2D eigenvalue weighted by molar-refractivity contribution is 5.94. The van der Waals surface area contributed by atoms with Gasteiger partial charge in [0.1, 0.15) is 6.04 Å². The van der Waals surface area contributed by atoms with E-state index < -0.39 is 6.04 Å². The van der Waals surface area contributed by atoms with Crippen molar-refractivity contribution in [1.29, 1.82) is 0 Å². The molecular weight excluding hydrogens is 314 g/mol. The average molecular weight is 341 g/mol. The molecule has 0 N–H and O–H groups in total. The quantitative estimate of drug-likeness (QED) is 0.763. The molecule has 1 aromatic carbocycles. The first kappa shape index (κ1) is 17.7. The molecule has 2 saturated heterocycles. The summed E-state index contributed by atoms with van der Waals surface area (Å²) in [4.78, 5) is 31.1. The molecule has 0 aromatic heterocycles. The van der Waals surface area contributed by atoms with Crippen LogP contribution in [0.15, 0.2) is 42.5 Å². The molecule has 2 aliphatic heterocycles. The fourth-order valence-electron chi connectivity index (χ4n) is 3.57. The predicted octanol–water partition coefficient (Wildman–Crippen LogP) is 1.55. The Hall–Kier alpha value is -2.14. The Morgan fingerprint density at radius 1 is 1.12 bits per heavy atom. The molecule has 1 aromatic rings. The van der Waals surface area contributed by atoms with Gasteiger partial charge in [0, 0.05) is 39.2 Å². The second kappa shape index (κ2) is 8.30. The van der Waals surface area contributed by atoms with Gasteiger partial charge in [-0.2, -0.15) is 0 Å². The highest BCUT2D eigenvalue weighted by Crippen LogP contribution is 2.16. The molecule has 0 radical (unpaired) electrons. The van der Waals surface area contributed by atoms with E-state index in [1.807, 2.05) is 43.5 Å². The fourth-order valence-corrected chi connectivity index (χ4v) is 3.57. The van der Waals surface area contributed by atoms with E-state index in [1.54, 1.807) is 15.9 Å². The Morgan fingerprint density at radius 3 is 2.56 bits per heavy atom. The van der Waals surface area contributed by atoms with Gasteiger partial charge in [0.15, 0.2) is 0 Å². The molecular formula is C20H27N3O2. The molecule has 25 heavy (non-hydrogen) atoms. The van der Waals surface area contributed by atoms with Gasteiger partial charge < -0.3 is 9.80 Å². The van der Waals surface area contributed by atoms with Crippen LogP contribution in [0.2, 0.25) is 0 Å². The largest absolute Gasteiger partial charge is 0.342 e. The van der Waals surface area contributed by atoms with Gasteiger partial charge >= 0.3 is 0 Å². The summed E-state index contributed by atoms with van der Waals surface area (Å²) in [6, 6.07) is 9.50. The second-order valence-corrected chi connectivity index (χ2v) is 6.91. The third kappa shape index (κ3) is 4.48. The van der Waals surface area contributed by atoms with Crippen molar-refractivity contribution < 1.29 is 9.59 Å². The van der Waals surface area contributed by atoms with E-state index in [1.165, 1.54) is 12.8 Å². The normalized spacial score (nSPS) is 22.1. The molecule has 2 aliphatic rings. The average Bonchev–Trinajstić information content (AvgIpc) is 3.13. The molecule has 2 heterocycles. The molecule has 5 heteroatoms. The Labute approximate surface area is 149 Å². The molecule has 134 valence electrons. The zero-order valence-electron chi connectivity index (χ0n) is 14.9. The third-order valence-electron chi connectivity index (χ3n) is 5.09. The van der Waals surface area contributed by atoms with Crippen molar-refractivity contribution in [3.8, 4) is 0 Å². The van der Waals surface area contributed by atoms with Gasteiger partial charge in [0.2, 0.25) is 11.8 Å². The Bertz CT molecular complexity index is 623. The minimum atomic E-state index is -0.412. The minimum Gasteiger partial charge on any atom is -0.342 e. The van der Waals surface area contributed by atoms with Crippen molar-refractivity contribution in [3.63, 3.8) is 0 Å². The number of carbonyl (C=O) groups excluding carboxylic acids is 2. The van der Waals surface area contributed by atoms with E-state index in [0.717, 1.165) is 25.2 Å².